The number of benzene rings is 3. The number of piperazine rings is 1. The van der Waals surface area contributed by atoms with E-state index in [4.69, 9.17) is 23.2 Å². The number of sulfonamides is 1. The molecule has 1 heterocycles. The van der Waals surface area contributed by atoms with E-state index in [2.05, 4.69) is 15.9 Å². The van der Waals surface area contributed by atoms with Crippen LogP contribution in [0, 0.1) is 0 Å². The quantitative estimate of drug-likeness (QED) is 0.317. The largest absolute Gasteiger partial charge is 0.336 e. The van der Waals surface area contributed by atoms with Crippen LogP contribution in [-0.4, -0.2) is 49.7 Å². The minimum atomic E-state index is -3.73. The van der Waals surface area contributed by atoms with Crippen LogP contribution in [0.15, 0.2) is 81.0 Å². The second kappa shape index (κ2) is 11.0. The van der Waals surface area contributed by atoms with Gasteiger partial charge in [0.2, 0.25) is 10.0 Å². The van der Waals surface area contributed by atoms with Crippen LogP contribution in [0.25, 0.3) is 0 Å². The maximum atomic E-state index is 13.0. The number of nitrogens with zero attached hydrogens (tertiary/aromatic N) is 2. The van der Waals surface area contributed by atoms with Crippen molar-refractivity contribution in [2.24, 2.45) is 0 Å². The molecule has 178 valence electrons. The van der Waals surface area contributed by atoms with E-state index in [1.54, 1.807) is 28.8 Å². The van der Waals surface area contributed by atoms with Gasteiger partial charge >= 0.3 is 0 Å². The maximum Gasteiger partial charge on any atom is 0.253 e. The number of hydrogen-bond acceptors (Lipinski definition) is 4. The van der Waals surface area contributed by atoms with Crippen molar-refractivity contribution in [3.63, 3.8) is 0 Å². The van der Waals surface area contributed by atoms with E-state index in [0.717, 1.165) is 16.2 Å². The number of amides is 1. The maximum absolute atomic E-state index is 13.0. The number of rotatable bonds is 6. The molecule has 1 saturated heterocycles. The van der Waals surface area contributed by atoms with Crippen molar-refractivity contribution in [3.8, 4) is 0 Å². The highest BCUT2D eigenvalue weighted by Gasteiger charge is 2.31. The second-order valence-electron chi connectivity index (χ2n) is 7.71. The first-order chi connectivity index (χ1) is 16.2. The SMILES string of the molecule is O=C(c1ccc(CSc2ccc(Cl)cc2)cc1)N1CCN(S(=O)(=O)c2ccc(Br)cc2Cl)CC1. The fourth-order valence-corrected chi connectivity index (χ4v) is 6.99. The summed E-state index contributed by atoms with van der Waals surface area (Å²) in [6.45, 7) is 1.08. The number of hydrogen-bond donors (Lipinski definition) is 0. The lowest BCUT2D eigenvalue weighted by Gasteiger charge is -2.34. The van der Waals surface area contributed by atoms with Gasteiger partial charge in [0.05, 0.1) is 5.02 Å². The average Bonchev–Trinajstić information content (AvgIpc) is 2.83. The van der Waals surface area contributed by atoms with Crippen LogP contribution in [0.1, 0.15) is 15.9 Å². The Labute approximate surface area is 222 Å². The summed E-state index contributed by atoms with van der Waals surface area (Å²) in [6, 6.07) is 19.9. The first kappa shape index (κ1) is 25.5. The topological polar surface area (TPSA) is 57.7 Å². The summed E-state index contributed by atoms with van der Waals surface area (Å²) >= 11 is 17.1. The molecule has 1 fully saturated rings. The van der Waals surface area contributed by atoms with Crippen LogP contribution in [0.5, 0.6) is 0 Å². The highest BCUT2D eigenvalue weighted by atomic mass is 79.9. The third-order valence-electron chi connectivity index (χ3n) is 5.46. The van der Waals surface area contributed by atoms with Crippen LogP contribution in [0.4, 0.5) is 0 Å². The molecule has 3 aromatic rings. The van der Waals surface area contributed by atoms with Gasteiger partial charge < -0.3 is 4.90 Å². The Morgan fingerprint density at radius 3 is 2.18 bits per heavy atom. The summed E-state index contributed by atoms with van der Waals surface area (Å²) in [5, 5.41) is 0.880. The van der Waals surface area contributed by atoms with Crippen LogP contribution < -0.4 is 0 Å². The lowest BCUT2D eigenvalue weighted by Crippen LogP contribution is -2.50. The summed E-state index contributed by atoms with van der Waals surface area (Å²) in [4.78, 5) is 15.8. The van der Waals surface area contributed by atoms with Gasteiger partial charge in [0.15, 0.2) is 0 Å². The molecule has 34 heavy (non-hydrogen) atoms. The number of thioether (sulfide) groups is 1. The van der Waals surface area contributed by atoms with Crippen LogP contribution >= 0.6 is 50.9 Å². The lowest BCUT2D eigenvalue weighted by molar-refractivity contribution is 0.0698. The molecule has 1 amide bonds. The number of halogens is 3. The van der Waals surface area contributed by atoms with Crippen molar-refractivity contribution in [2.45, 2.75) is 15.5 Å². The predicted molar refractivity (Wildman–Crippen MR) is 141 cm³/mol. The molecule has 0 spiro atoms. The van der Waals surface area contributed by atoms with Gasteiger partial charge in [0.25, 0.3) is 5.91 Å². The van der Waals surface area contributed by atoms with Crippen molar-refractivity contribution in [1.82, 2.24) is 9.21 Å². The summed E-state index contributed by atoms with van der Waals surface area (Å²) < 4.78 is 28.1. The van der Waals surface area contributed by atoms with Crippen LogP contribution in [0.3, 0.4) is 0 Å². The van der Waals surface area contributed by atoms with Gasteiger partial charge in [-0.2, -0.15) is 4.31 Å². The molecule has 0 unspecified atom stereocenters. The summed E-state index contributed by atoms with van der Waals surface area (Å²) in [7, 11) is -3.73. The van der Waals surface area contributed by atoms with E-state index in [9.17, 15) is 13.2 Å². The Morgan fingerprint density at radius 1 is 0.912 bits per heavy atom. The van der Waals surface area contributed by atoms with Crippen molar-refractivity contribution < 1.29 is 13.2 Å². The van der Waals surface area contributed by atoms with Crippen molar-refractivity contribution in [3.05, 3.63) is 92.4 Å². The van der Waals surface area contributed by atoms with Gasteiger partial charge in [0, 0.05) is 51.9 Å². The molecule has 3 aromatic carbocycles. The Balaban J connectivity index is 1.34. The molecule has 0 N–H and O–H groups in total. The van der Waals surface area contributed by atoms with Gasteiger partial charge in [-0.1, -0.05) is 51.3 Å². The Bertz CT molecular complexity index is 1280. The van der Waals surface area contributed by atoms with E-state index in [0.29, 0.717) is 28.1 Å². The number of carbonyl (C=O) groups is 1. The second-order valence-corrected chi connectivity index (χ2v) is 12.4. The van der Waals surface area contributed by atoms with Gasteiger partial charge in [-0.3, -0.25) is 4.79 Å². The normalized spacial score (nSPS) is 14.9. The molecule has 10 heteroatoms. The Kier molecular flexibility index (Phi) is 8.28. The van der Waals surface area contributed by atoms with Crippen LogP contribution in [0.2, 0.25) is 10.0 Å². The monoisotopic (exact) mass is 598 g/mol. The van der Waals surface area contributed by atoms with E-state index in [1.165, 1.54) is 10.4 Å². The first-order valence-electron chi connectivity index (χ1n) is 10.5. The molecule has 0 radical (unpaired) electrons. The molecule has 0 bridgehead atoms. The molecule has 1 aliphatic rings. The molecule has 5 nitrogen and oxygen atoms in total. The molecule has 0 atom stereocenters. The molecule has 0 aromatic heterocycles. The average molecular weight is 600 g/mol. The zero-order valence-corrected chi connectivity index (χ0v) is 22.7. The van der Waals surface area contributed by atoms with Gasteiger partial charge in [-0.25, -0.2) is 8.42 Å². The number of carbonyl (C=O) groups excluding carboxylic acids is 1. The zero-order valence-electron chi connectivity index (χ0n) is 18.0. The fourth-order valence-electron chi connectivity index (χ4n) is 3.58. The smallest absolute Gasteiger partial charge is 0.253 e. The minimum absolute atomic E-state index is 0.0733. The fraction of sp³-hybridized carbons (Fsp3) is 0.208. The van der Waals surface area contributed by atoms with E-state index in [1.807, 2.05) is 48.5 Å². The molecule has 4 rings (SSSR count). The summed E-state index contributed by atoms with van der Waals surface area (Å²) in [5.74, 6) is 0.682. The van der Waals surface area contributed by atoms with E-state index in [-0.39, 0.29) is 28.9 Å². The van der Waals surface area contributed by atoms with E-state index >= 15 is 0 Å². The van der Waals surface area contributed by atoms with Gasteiger partial charge in [0.1, 0.15) is 4.90 Å². The third-order valence-corrected chi connectivity index (χ3v) is 9.67. The summed E-state index contributed by atoms with van der Waals surface area (Å²) in [5.41, 5.74) is 1.70. The third kappa shape index (κ3) is 5.98. The standard InChI is InChI=1S/C24H21BrCl2N2O3S2/c25-19-5-10-23(22(27)15-19)34(31,32)29-13-11-28(12-14-29)24(30)18-3-1-17(2-4-18)16-33-21-8-6-20(26)7-9-21/h1-10,15H,11-14,16H2. The highest BCUT2D eigenvalue weighted by molar-refractivity contribution is 9.10. The molecule has 0 aliphatic carbocycles. The van der Waals surface area contributed by atoms with Gasteiger partial charge in [-0.05, 0) is 60.2 Å². The molecular formula is C24H21BrCl2N2O3S2. The molecular weight excluding hydrogens is 579 g/mol. The molecule has 1 aliphatic heterocycles. The molecule has 0 saturated carbocycles. The Hall–Kier alpha value is -1.55. The van der Waals surface area contributed by atoms with Gasteiger partial charge in [-0.15, -0.1) is 11.8 Å². The Morgan fingerprint density at radius 2 is 1.56 bits per heavy atom. The first-order valence-corrected chi connectivity index (χ1v) is 14.4. The van der Waals surface area contributed by atoms with Crippen molar-refractivity contribution >= 4 is 66.8 Å². The summed E-state index contributed by atoms with van der Waals surface area (Å²) in [6.07, 6.45) is 0. The van der Waals surface area contributed by atoms with Crippen LogP contribution in [-0.2, 0) is 15.8 Å². The predicted octanol–water partition coefficient (Wildman–Crippen LogP) is 6.19. The van der Waals surface area contributed by atoms with Crippen molar-refractivity contribution in [1.29, 1.82) is 0 Å². The van der Waals surface area contributed by atoms with E-state index < -0.39 is 10.0 Å². The minimum Gasteiger partial charge on any atom is -0.336 e. The lowest BCUT2D eigenvalue weighted by atomic mass is 10.1. The van der Waals surface area contributed by atoms with Crippen molar-refractivity contribution in [2.75, 3.05) is 26.2 Å². The zero-order chi connectivity index (χ0) is 24.3. The highest BCUT2D eigenvalue weighted by Crippen LogP contribution is 2.29.